The highest BCUT2D eigenvalue weighted by molar-refractivity contribution is 5.95. The second-order valence-corrected chi connectivity index (χ2v) is 5.49. The molecule has 0 bridgehead atoms. The van der Waals surface area contributed by atoms with E-state index >= 15 is 0 Å². The summed E-state index contributed by atoms with van der Waals surface area (Å²) >= 11 is 0. The van der Waals surface area contributed by atoms with Crippen molar-refractivity contribution >= 4 is 11.6 Å². The number of nitrogens with zero attached hydrogens (tertiary/aromatic N) is 4. The zero-order valence-electron chi connectivity index (χ0n) is 12.3. The Morgan fingerprint density at radius 1 is 1.35 bits per heavy atom. The van der Waals surface area contributed by atoms with Gasteiger partial charge in [-0.1, -0.05) is 0 Å². The molecular weight excluding hydrogens is 300 g/mol. The summed E-state index contributed by atoms with van der Waals surface area (Å²) in [5, 5.41) is 20.3. The molecular formula is C15H16N4O4. The van der Waals surface area contributed by atoms with Crippen molar-refractivity contribution in [2.24, 2.45) is 0 Å². The molecule has 0 spiro atoms. The molecule has 0 atom stereocenters. The van der Waals surface area contributed by atoms with E-state index in [4.69, 9.17) is 0 Å². The molecule has 1 aromatic carbocycles. The number of imidazole rings is 1. The molecule has 120 valence electrons. The van der Waals surface area contributed by atoms with Crippen molar-refractivity contribution in [3.8, 4) is 5.75 Å². The maximum absolute atomic E-state index is 12.5. The van der Waals surface area contributed by atoms with Gasteiger partial charge in [0.2, 0.25) is 0 Å². The first-order valence-electron chi connectivity index (χ1n) is 7.30. The minimum absolute atomic E-state index is 0.223. The van der Waals surface area contributed by atoms with Gasteiger partial charge in [0.25, 0.3) is 5.91 Å². The molecule has 0 unspecified atom stereocenters. The average molecular weight is 316 g/mol. The Bertz CT molecular complexity index is 721. The average Bonchev–Trinajstić information content (AvgIpc) is 3.08. The van der Waals surface area contributed by atoms with Crippen LogP contribution in [0.3, 0.4) is 0 Å². The topological polar surface area (TPSA) is 101 Å². The van der Waals surface area contributed by atoms with Gasteiger partial charge in [0.15, 0.2) is 5.75 Å². The normalized spacial score (nSPS) is 15.6. The van der Waals surface area contributed by atoms with Gasteiger partial charge < -0.3 is 14.6 Å². The quantitative estimate of drug-likeness (QED) is 0.689. The van der Waals surface area contributed by atoms with E-state index in [-0.39, 0.29) is 11.5 Å². The van der Waals surface area contributed by atoms with Gasteiger partial charge in [-0.25, -0.2) is 4.98 Å². The van der Waals surface area contributed by atoms with Crippen LogP contribution in [0.25, 0.3) is 0 Å². The molecule has 2 aromatic rings. The van der Waals surface area contributed by atoms with Crippen LogP contribution in [0, 0.1) is 10.1 Å². The van der Waals surface area contributed by atoms with E-state index in [0.29, 0.717) is 19.1 Å². The van der Waals surface area contributed by atoms with Crippen LogP contribution in [-0.2, 0) is 0 Å². The van der Waals surface area contributed by atoms with Crippen LogP contribution >= 0.6 is 0 Å². The molecule has 0 radical (unpaired) electrons. The summed E-state index contributed by atoms with van der Waals surface area (Å²) in [5.41, 5.74) is -0.144. The molecule has 8 heteroatoms. The van der Waals surface area contributed by atoms with Crippen molar-refractivity contribution in [3.63, 3.8) is 0 Å². The maximum Gasteiger partial charge on any atom is 0.310 e. The van der Waals surface area contributed by atoms with Crippen molar-refractivity contribution in [2.75, 3.05) is 13.1 Å². The van der Waals surface area contributed by atoms with Crippen molar-refractivity contribution in [3.05, 3.63) is 52.6 Å². The third-order valence-corrected chi connectivity index (χ3v) is 4.12. The Kier molecular flexibility index (Phi) is 3.96. The lowest BCUT2D eigenvalue weighted by molar-refractivity contribution is -0.385. The van der Waals surface area contributed by atoms with E-state index < -0.39 is 16.4 Å². The molecule has 0 aliphatic carbocycles. The second kappa shape index (κ2) is 6.07. The van der Waals surface area contributed by atoms with E-state index in [1.165, 1.54) is 6.07 Å². The molecule has 1 amide bonds. The number of nitro benzene ring substituents is 1. The first-order chi connectivity index (χ1) is 11.1. The Balaban J connectivity index is 1.68. The fourth-order valence-corrected chi connectivity index (χ4v) is 2.85. The molecule has 23 heavy (non-hydrogen) atoms. The number of piperidine rings is 1. The fourth-order valence-electron chi connectivity index (χ4n) is 2.85. The number of amides is 1. The monoisotopic (exact) mass is 316 g/mol. The van der Waals surface area contributed by atoms with Crippen molar-refractivity contribution < 1.29 is 14.8 Å². The SMILES string of the molecule is O=C(c1ccc([N+](=O)[O-])c(O)c1)N1CCC(n2ccnc2)CC1. The van der Waals surface area contributed by atoms with Crippen LogP contribution < -0.4 is 0 Å². The van der Waals surface area contributed by atoms with E-state index in [9.17, 15) is 20.0 Å². The highest BCUT2D eigenvalue weighted by Crippen LogP contribution is 2.28. The minimum atomic E-state index is -0.680. The lowest BCUT2D eigenvalue weighted by Gasteiger charge is -2.32. The lowest BCUT2D eigenvalue weighted by Crippen LogP contribution is -2.38. The van der Waals surface area contributed by atoms with Crippen LogP contribution in [-0.4, -0.2) is 43.5 Å². The summed E-state index contributed by atoms with van der Waals surface area (Å²) in [7, 11) is 0. The first kappa shape index (κ1) is 15.0. The molecule has 1 saturated heterocycles. The summed E-state index contributed by atoms with van der Waals surface area (Å²) in [5.74, 6) is -0.714. The molecule has 3 rings (SSSR count). The fraction of sp³-hybridized carbons (Fsp3) is 0.333. The maximum atomic E-state index is 12.5. The summed E-state index contributed by atoms with van der Waals surface area (Å²) < 4.78 is 2.04. The number of phenolic OH excluding ortho intramolecular Hbond substituents is 1. The number of nitro groups is 1. The smallest absolute Gasteiger partial charge is 0.310 e. The number of benzene rings is 1. The standard InChI is InChI=1S/C15H16N4O4/c20-14-9-11(1-2-13(14)19(22)23)15(21)17-6-3-12(4-7-17)18-8-5-16-10-18/h1-2,5,8-10,12,20H,3-4,6-7H2. The van der Waals surface area contributed by atoms with Gasteiger partial charge in [-0.15, -0.1) is 0 Å². The first-order valence-corrected chi connectivity index (χ1v) is 7.30. The van der Waals surface area contributed by atoms with Crippen LogP contribution in [0.2, 0.25) is 0 Å². The zero-order chi connectivity index (χ0) is 16.4. The number of rotatable bonds is 3. The van der Waals surface area contributed by atoms with Crippen LogP contribution in [0.4, 0.5) is 5.69 Å². The van der Waals surface area contributed by atoms with Gasteiger partial charge >= 0.3 is 5.69 Å². The Morgan fingerprint density at radius 2 is 2.09 bits per heavy atom. The second-order valence-electron chi connectivity index (χ2n) is 5.49. The molecule has 1 N–H and O–H groups in total. The molecule has 1 aliphatic rings. The van der Waals surface area contributed by atoms with Crippen molar-refractivity contribution in [2.45, 2.75) is 18.9 Å². The predicted octanol–water partition coefficient (Wildman–Crippen LogP) is 1.97. The van der Waals surface area contributed by atoms with Gasteiger partial charge in [-0.05, 0) is 25.0 Å². The number of aromatic hydroxyl groups is 1. The van der Waals surface area contributed by atoms with E-state index in [1.54, 1.807) is 17.4 Å². The van der Waals surface area contributed by atoms with Crippen LogP contribution in [0.15, 0.2) is 36.9 Å². The number of aromatic nitrogens is 2. The van der Waals surface area contributed by atoms with E-state index in [0.717, 1.165) is 25.0 Å². The molecule has 8 nitrogen and oxygen atoms in total. The van der Waals surface area contributed by atoms with Gasteiger partial charge in [0, 0.05) is 43.2 Å². The Labute approximate surface area is 132 Å². The largest absolute Gasteiger partial charge is 0.502 e. The minimum Gasteiger partial charge on any atom is -0.502 e. The summed E-state index contributed by atoms with van der Waals surface area (Å²) in [6, 6.07) is 4.01. The van der Waals surface area contributed by atoms with Crippen LogP contribution in [0.5, 0.6) is 5.75 Å². The van der Waals surface area contributed by atoms with Gasteiger partial charge in [-0.2, -0.15) is 0 Å². The van der Waals surface area contributed by atoms with Gasteiger partial charge in [-0.3, -0.25) is 14.9 Å². The summed E-state index contributed by atoms with van der Waals surface area (Å²) in [6.45, 7) is 1.19. The summed E-state index contributed by atoms with van der Waals surface area (Å²) in [4.78, 5) is 28.2. The molecule has 0 saturated carbocycles. The number of phenols is 1. The molecule has 1 fully saturated rings. The molecule has 1 aromatic heterocycles. The number of hydrogen-bond donors (Lipinski definition) is 1. The number of carbonyl (C=O) groups is 1. The van der Waals surface area contributed by atoms with Crippen LogP contribution in [0.1, 0.15) is 29.2 Å². The van der Waals surface area contributed by atoms with Crippen molar-refractivity contribution in [1.82, 2.24) is 14.5 Å². The highest BCUT2D eigenvalue weighted by atomic mass is 16.6. The molecule has 2 heterocycles. The van der Waals surface area contributed by atoms with Crippen molar-refractivity contribution in [1.29, 1.82) is 0 Å². The zero-order valence-corrected chi connectivity index (χ0v) is 12.3. The van der Waals surface area contributed by atoms with Gasteiger partial charge in [0.1, 0.15) is 0 Å². The molecule has 1 aliphatic heterocycles. The third kappa shape index (κ3) is 3.01. The Hall–Kier alpha value is -2.90. The number of carbonyl (C=O) groups excluding carboxylic acids is 1. The highest BCUT2D eigenvalue weighted by Gasteiger charge is 2.25. The number of likely N-dealkylation sites (tertiary alicyclic amines) is 1. The van der Waals surface area contributed by atoms with E-state index in [2.05, 4.69) is 4.98 Å². The third-order valence-electron chi connectivity index (χ3n) is 4.12. The summed E-state index contributed by atoms with van der Waals surface area (Å²) in [6.07, 6.45) is 7.06. The van der Waals surface area contributed by atoms with E-state index in [1.807, 2.05) is 10.8 Å². The Morgan fingerprint density at radius 3 is 2.65 bits per heavy atom. The number of hydrogen-bond acceptors (Lipinski definition) is 5. The predicted molar refractivity (Wildman–Crippen MR) is 81.2 cm³/mol. The van der Waals surface area contributed by atoms with Gasteiger partial charge in [0.05, 0.1) is 11.3 Å². The lowest BCUT2D eigenvalue weighted by atomic mass is 10.0.